The maximum atomic E-state index is 13.1. The van der Waals surface area contributed by atoms with Crippen molar-refractivity contribution >= 4 is 5.91 Å². The molecule has 406 valence electrons. The van der Waals surface area contributed by atoms with Gasteiger partial charge in [-0.1, -0.05) is 262 Å². The van der Waals surface area contributed by atoms with E-state index >= 15 is 0 Å². The molecule has 0 aromatic carbocycles. The Hall–Kier alpha value is -1.59. The number of allylic oxidation sites excluding steroid dienone is 5. The van der Waals surface area contributed by atoms with Crippen molar-refractivity contribution in [2.45, 2.75) is 326 Å². The van der Waals surface area contributed by atoms with Crippen LogP contribution in [0.5, 0.6) is 0 Å². The number of carbonyl (C=O) groups excluding carboxylic acids is 1. The Labute approximate surface area is 425 Å². The van der Waals surface area contributed by atoms with E-state index in [0.29, 0.717) is 6.42 Å². The highest BCUT2D eigenvalue weighted by Gasteiger charge is 2.44. The molecule has 9 heteroatoms. The first-order valence-electron chi connectivity index (χ1n) is 29.7. The van der Waals surface area contributed by atoms with Crippen molar-refractivity contribution in [1.82, 2.24) is 5.32 Å². The Morgan fingerprint density at radius 2 is 0.855 bits per heavy atom. The second kappa shape index (κ2) is 50.0. The normalized spacial score (nSPS) is 19.7. The van der Waals surface area contributed by atoms with Crippen LogP contribution in [0.4, 0.5) is 0 Å². The summed E-state index contributed by atoms with van der Waals surface area (Å²) < 4.78 is 11.3. The van der Waals surface area contributed by atoms with E-state index in [4.69, 9.17) is 9.47 Å². The van der Waals surface area contributed by atoms with Gasteiger partial charge in [-0.05, 0) is 51.4 Å². The van der Waals surface area contributed by atoms with Crippen molar-refractivity contribution in [2.75, 3.05) is 13.2 Å². The van der Waals surface area contributed by atoms with E-state index in [2.05, 4.69) is 43.5 Å². The van der Waals surface area contributed by atoms with Gasteiger partial charge in [-0.3, -0.25) is 4.79 Å². The third kappa shape index (κ3) is 39.6. The number of aliphatic hydroxyl groups excluding tert-OH is 5. The lowest BCUT2D eigenvalue weighted by Crippen LogP contribution is -2.60. The van der Waals surface area contributed by atoms with Gasteiger partial charge in [0.1, 0.15) is 24.4 Å². The Balaban J connectivity index is 2.23. The van der Waals surface area contributed by atoms with Gasteiger partial charge in [0.2, 0.25) is 5.91 Å². The summed E-state index contributed by atoms with van der Waals surface area (Å²) in [6.45, 7) is 3.81. The second-order valence-electron chi connectivity index (χ2n) is 20.8. The number of hydrogen-bond donors (Lipinski definition) is 6. The molecule has 69 heavy (non-hydrogen) atoms. The molecule has 0 aromatic heterocycles. The largest absolute Gasteiger partial charge is 0.394 e. The Bertz CT molecular complexity index is 1180. The first kappa shape index (κ1) is 65.4. The summed E-state index contributed by atoms with van der Waals surface area (Å²) in [6.07, 6.45) is 57.8. The first-order valence-corrected chi connectivity index (χ1v) is 29.7. The fraction of sp³-hybridized carbons (Fsp3) is 0.883. The molecule has 1 saturated heterocycles. The van der Waals surface area contributed by atoms with Gasteiger partial charge in [-0.25, -0.2) is 0 Å². The highest BCUT2D eigenvalue weighted by molar-refractivity contribution is 5.76. The van der Waals surface area contributed by atoms with Gasteiger partial charge in [0, 0.05) is 6.42 Å². The van der Waals surface area contributed by atoms with Gasteiger partial charge in [-0.15, -0.1) is 0 Å². The molecule has 1 amide bonds. The van der Waals surface area contributed by atoms with E-state index in [9.17, 15) is 30.3 Å². The number of amides is 1. The predicted molar refractivity (Wildman–Crippen MR) is 290 cm³/mol. The van der Waals surface area contributed by atoms with E-state index in [0.717, 1.165) is 57.8 Å². The van der Waals surface area contributed by atoms with Gasteiger partial charge in [0.05, 0.1) is 25.4 Å². The molecule has 0 bridgehead atoms. The summed E-state index contributed by atoms with van der Waals surface area (Å²) in [5, 5.41) is 54.6. The third-order valence-corrected chi connectivity index (χ3v) is 14.2. The van der Waals surface area contributed by atoms with Crippen molar-refractivity contribution in [3.63, 3.8) is 0 Å². The summed E-state index contributed by atoms with van der Waals surface area (Å²) in [6, 6.07) is -0.810. The molecule has 9 nitrogen and oxygen atoms in total. The Kier molecular flexibility index (Phi) is 47.4. The minimum absolute atomic E-state index is 0.181. The zero-order valence-electron chi connectivity index (χ0n) is 45.1. The summed E-state index contributed by atoms with van der Waals surface area (Å²) in [5.41, 5.74) is 0. The van der Waals surface area contributed by atoms with Crippen LogP contribution >= 0.6 is 0 Å². The molecule has 0 saturated carbocycles. The maximum Gasteiger partial charge on any atom is 0.220 e. The van der Waals surface area contributed by atoms with E-state index in [-0.39, 0.29) is 12.5 Å². The molecular formula is C60H113NO8. The van der Waals surface area contributed by atoms with E-state index in [1.54, 1.807) is 6.08 Å². The maximum absolute atomic E-state index is 13.1. The molecule has 7 unspecified atom stereocenters. The molecular weight excluding hydrogens is 863 g/mol. The zero-order chi connectivity index (χ0) is 50.1. The van der Waals surface area contributed by atoms with Gasteiger partial charge >= 0.3 is 0 Å². The number of ether oxygens (including phenoxy) is 2. The van der Waals surface area contributed by atoms with E-state index in [1.165, 1.54) is 205 Å². The topological polar surface area (TPSA) is 149 Å². The SMILES string of the molecule is CCCCCCCCCCC/C=C\C/C=C\CCCCCCCCCC(=O)NC(COC1OC(CO)C(O)C(O)C1O)C(O)/C=C/CCCCCCCCCCCCCCCCCCCCCCC. The Morgan fingerprint density at radius 3 is 1.25 bits per heavy atom. The van der Waals surface area contributed by atoms with Crippen molar-refractivity contribution in [2.24, 2.45) is 0 Å². The molecule has 1 fully saturated rings. The van der Waals surface area contributed by atoms with Gasteiger partial charge < -0.3 is 40.3 Å². The first-order chi connectivity index (χ1) is 33.8. The molecule has 0 spiro atoms. The average molecular weight is 977 g/mol. The van der Waals surface area contributed by atoms with Crippen LogP contribution in [0.25, 0.3) is 0 Å². The quantitative estimate of drug-likeness (QED) is 0.0261. The fourth-order valence-corrected chi connectivity index (χ4v) is 9.48. The van der Waals surface area contributed by atoms with Crippen molar-refractivity contribution in [1.29, 1.82) is 0 Å². The summed E-state index contributed by atoms with van der Waals surface area (Å²) in [5.74, 6) is -0.181. The molecule has 7 atom stereocenters. The van der Waals surface area contributed by atoms with Crippen LogP contribution in [-0.4, -0.2) is 87.5 Å². The van der Waals surface area contributed by atoms with Crippen molar-refractivity contribution in [3.8, 4) is 0 Å². The number of hydrogen-bond acceptors (Lipinski definition) is 8. The van der Waals surface area contributed by atoms with Crippen LogP contribution < -0.4 is 5.32 Å². The van der Waals surface area contributed by atoms with Gasteiger partial charge in [0.15, 0.2) is 6.29 Å². The van der Waals surface area contributed by atoms with Crippen LogP contribution in [0, 0.1) is 0 Å². The van der Waals surface area contributed by atoms with Gasteiger partial charge in [-0.2, -0.15) is 0 Å². The van der Waals surface area contributed by atoms with E-state index in [1.807, 2.05) is 6.08 Å². The van der Waals surface area contributed by atoms with Crippen molar-refractivity contribution < 1.29 is 39.8 Å². The molecule has 1 heterocycles. The summed E-state index contributed by atoms with van der Waals surface area (Å²) in [7, 11) is 0. The monoisotopic (exact) mass is 976 g/mol. The molecule has 1 aliphatic rings. The lowest BCUT2D eigenvalue weighted by atomic mass is 9.99. The van der Waals surface area contributed by atoms with Crippen molar-refractivity contribution in [3.05, 3.63) is 36.5 Å². The summed E-state index contributed by atoms with van der Waals surface area (Å²) >= 11 is 0. The molecule has 6 N–H and O–H groups in total. The third-order valence-electron chi connectivity index (χ3n) is 14.2. The number of unbranched alkanes of at least 4 members (excludes halogenated alkanes) is 37. The van der Waals surface area contributed by atoms with Crippen LogP contribution in [0.2, 0.25) is 0 Å². The van der Waals surface area contributed by atoms with E-state index < -0.39 is 49.5 Å². The Morgan fingerprint density at radius 1 is 0.493 bits per heavy atom. The number of aliphatic hydroxyl groups is 5. The molecule has 1 aliphatic heterocycles. The number of rotatable bonds is 51. The predicted octanol–water partition coefficient (Wildman–Crippen LogP) is 14.7. The number of carbonyl (C=O) groups is 1. The lowest BCUT2D eigenvalue weighted by molar-refractivity contribution is -0.302. The standard InChI is InChI=1S/C60H113NO8/c1-3-5-7-9-11-13-15-17-19-21-23-25-27-29-31-33-35-37-39-41-43-45-47-49-54(63)53(52-68-60-59(67)58(66)57(65)55(51-62)69-60)61-56(64)50-48-46-44-42-40-38-36-34-32-30-28-26-24-22-20-18-16-14-12-10-8-6-4-2/h24,26,30,32,47,49,53-55,57-60,62-63,65-67H,3-23,25,27-29,31,33-46,48,50-52H2,1-2H3,(H,61,64)/b26-24-,32-30-,49-47+. The highest BCUT2D eigenvalue weighted by atomic mass is 16.7. The molecule has 0 aromatic rings. The fourth-order valence-electron chi connectivity index (χ4n) is 9.48. The minimum Gasteiger partial charge on any atom is -0.394 e. The second-order valence-corrected chi connectivity index (χ2v) is 20.8. The average Bonchev–Trinajstić information content (AvgIpc) is 3.35. The zero-order valence-corrected chi connectivity index (χ0v) is 45.1. The molecule has 1 rings (SSSR count). The molecule has 0 radical (unpaired) electrons. The minimum atomic E-state index is -1.57. The molecule has 0 aliphatic carbocycles. The lowest BCUT2D eigenvalue weighted by Gasteiger charge is -2.40. The van der Waals surface area contributed by atoms with Crippen LogP contribution in [0.3, 0.4) is 0 Å². The van der Waals surface area contributed by atoms with Gasteiger partial charge in [0.25, 0.3) is 0 Å². The number of nitrogens with one attached hydrogen (secondary N) is 1. The summed E-state index contributed by atoms with van der Waals surface area (Å²) in [4.78, 5) is 13.1. The highest BCUT2D eigenvalue weighted by Crippen LogP contribution is 2.23. The van der Waals surface area contributed by atoms with Crippen LogP contribution in [0.15, 0.2) is 36.5 Å². The van der Waals surface area contributed by atoms with Crippen LogP contribution in [-0.2, 0) is 14.3 Å². The smallest absolute Gasteiger partial charge is 0.220 e. The van der Waals surface area contributed by atoms with Crippen LogP contribution in [0.1, 0.15) is 284 Å².